The number of aliphatic hydroxyl groups is 2. The molecule has 0 aliphatic heterocycles. The van der Waals surface area contributed by atoms with Crippen molar-refractivity contribution in [2.24, 2.45) is 0 Å². The van der Waals surface area contributed by atoms with E-state index in [4.69, 9.17) is 19.5 Å². The maximum Gasteiger partial charge on any atom is 0.476 e. The normalized spacial score (nSPS) is 17.7. The number of anilines is 1. The van der Waals surface area contributed by atoms with Crippen molar-refractivity contribution in [3.05, 3.63) is 58.6 Å². The van der Waals surface area contributed by atoms with Gasteiger partial charge in [-0.05, 0) is 13.0 Å². The second-order valence-corrected chi connectivity index (χ2v) is 9.97. The first kappa shape index (κ1) is 27.4. The number of benzene rings is 1. The predicted octanol–water partition coefficient (Wildman–Crippen LogP) is -0.346. The molecule has 8 N–H and O–H groups in total. The molecule has 16 heteroatoms. The molecular formula is C17H26N3O11P2+. The van der Waals surface area contributed by atoms with E-state index in [2.05, 4.69) is 4.98 Å². The molecule has 0 bridgehead atoms. The smallest absolute Gasteiger partial charge is 0.394 e. The quantitative estimate of drug-likeness (QED) is 0.181. The molecule has 1 aromatic heterocycles. The molecule has 0 amide bonds. The summed E-state index contributed by atoms with van der Waals surface area (Å²) < 4.78 is 28.3. The van der Waals surface area contributed by atoms with Gasteiger partial charge in [0.05, 0.1) is 19.3 Å². The van der Waals surface area contributed by atoms with E-state index >= 15 is 0 Å². The first-order valence-corrected chi connectivity index (χ1v) is 12.6. The molecule has 0 radical (unpaired) electrons. The van der Waals surface area contributed by atoms with Crippen LogP contribution in [0.4, 0.5) is 5.82 Å². The van der Waals surface area contributed by atoms with E-state index in [1.165, 1.54) is 43.5 Å². The van der Waals surface area contributed by atoms with Crippen LogP contribution in [0.3, 0.4) is 0 Å². The Balaban J connectivity index is 2.12. The highest BCUT2D eigenvalue weighted by Gasteiger charge is 2.49. The van der Waals surface area contributed by atoms with Crippen LogP contribution in [0.15, 0.2) is 47.4 Å². The summed E-state index contributed by atoms with van der Waals surface area (Å²) in [6.07, 6.45) is -2.79. The Morgan fingerprint density at radius 2 is 1.85 bits per heavy atom. The summed E-state index contributed by atoms with van der Waals surface area (Å²) in [5.41, 5.74) is 4.57. The lowest BCUT2D eigenvalue weighted by Gasteiger charge is -2.27. The van der Waals surface area contributed by atoms with Crippen LogP contribution in [0.5, 0.6) is 0 Å². The number of hydrogen-bond acceptors (Lipinski definition) is 12. The molecule has 0 fully saturated rings. The lowest BCUT2D eigenvalue weighted by atomic mass is 10.2. The molecule has 33 heavy (non-hydrogen) atoms. The monoisotopic (exact) mass is 510 g/mol. The second-order valence-electron chi connectivity index (χ2n) is 6.86. The topological polar surface area (TPSA) is 227 Å². The Labute approximate surface area is 188 Å². The molecule has 0 saturated carbocycles. The molecule has 2 rings (SSSR count). The van der Waals surface area contributed by atoms with Gasteiger partial charge >= 0.3 is 21.5 Å². The molecule has 2 aromatic rings. The molecule has 184 valence electrons. The van der Waals surface area contributed by atoms with E-state index in [9.17, 15) is 39.1 Å². The van der Waals surface area contributed by atoms with Gasteiger partial charge < -0.3 is 25.6 Å². The van der Waals surface area contributed by atoms with Crippen molar-refractivity contribution in [3.8, 4) is 0 Å². The third-order valence-corrected chi connectivity index (χ3v) is 6.28. The Morgan fingerprint density at radius 3 is 2.36 bits per heavy atom. The van der Waals surface area contributed by atoms with Crippen LogP contribution in [0.25, 0.3) is 0 Å². The number of rotatable bonds is 12. The fraction of sp³-hybridized carbons (Fsp3) is 0.412. The van der Waals surface area contributed by atoms with Crippen molar-refractivity contribution in [2.45, 2.75) is 31.2 Å². The molecule has 1 unspecified atom stereocenters. The third kappa shape index (κ3) is 8.18. The summed E-state index contributed by atoms with van der Waals surface area (Å²) in [6, 6.07) is 8.47. The number of phosphoric acid groups is 1. The highest BCUT2D eigenvalue weighted by atomic mass is 31.2. The van der Waals surface area contributed by atoms with Gasteiger partial charge in [0.2, 0.25) is 0 Å². The summed E-state index contributed by atoms with van der Waals surface area (Å²) in [6.45, 7) is -0.250. The van der Waals surface area contributed by atoms with Crippen molar-refractivity contribution in [3.63, 3.8) is 0 Å². The summed E-state index contributed by atoms with van der Waals surface area (Å²) in [5, 5.41) is 19.6. The van der Waals surface area contributed by atoms with Crippen molar-refractivity contribution < 1.29 is 48.1 Å². The number of nitrogens with two attached hydrogens (primary N) is 1. The Bertz CT molecular complexity index is 1000. The van der Waals surface area contributed by atoms with Crippen LogP contribution in [-0.4, -0.2) is 64.8 Å². The average Bonchev–Trinajstić information content (AvgIpc) is 2.72. The molecule has 0 aliphatic carbocycles. The van der Waals surface area contributed by atoms with Gasteiger partial charge in [-0.15, -0.1) is 0 Å². The van der Waals surface area contributed by atoms with Crippen molar-refractivity contribution in [1.29, 1.82) is 0 Å². The van der Waals surface area contributed by atoms with Crippen LogP contribution in [-0.2, 0) is 18.3 Å². The number of nitrogens with zero attached hydrogens (tertiary/aromatic N) is 2. The molecule has 14 nitrogen and oxygen atoms in total. The van der Waals surface area contributed by atoms with Crippen LogP contribution in [0.2, 0.25) is 0 Å². The van der Waals surface area contributed by atoms with Crippen molar-refractivity contribution in [1.82, 2.24) is 9.55 Å². The van der Waals surface area contributed by atoms with Crippen LogP contribution in [0.1, 0.15) is 24.6 Å². The number of aromatic nitrogens is 2. The minimum atomic E-state index is -5.04. The van der Waals surface area contributed by atoms with Crippen LogP contribution < -0.4 is 11.4 Å². The Hall–Kier alpha value is -1.80. The second kappa shape index (κ2) is 11.6. The van der Waals surface area contributed by atoms with E-state index in [1.54, 1.807) is 6.07 Å². The highest BCUT2D eigenvalue weighted by molar-refractivity contribution is 7.59. The van der Waals surface area contributed by atoms with E-state index in [1.807, 2.05) is 0 Å². The van der Waals surface area contributed by atoms with Gasteiger partial charge in [-0.2, -0.15) is 19.7 Å². The standard InChI is InChI=1S/C17H25N3O11P2/c1-11(22)15(20-8-7-14(18)19-17(20)23)30-13(9-21)10-29-33(27,28)31-16(32(24,25)26)12-5-3-2-4-6-12/h2-8,11,13,15-16,21-22,24-26H,9-10H2,1H3,(H2-,18,19,23,27,28)/p+1/t11-,13-,15+,16-/m0/s1. The predicted molar refractivity (Wildman–Crippen MR) is 115 cm³/mol. The van der Waals surface area contributed by atoms with Gasteiger partial charge in [-0.1, -0.05) is 30.3 Å². The minimum Gasteiger partial charge on any atom is -0.394 e. The number of ether oxygens (including phenoxy) is 1. The molecule has 0 saturated heterocycles. The van der Waals surface area contributed by atoms with Crippen molar-refractivity contribution in [2.75, 3.05) is 18.9 Å². The maximum absolute atomic E-state index is 12.4. The third-order valence-electron chi connectivity index (χ3n) is 4.13. The summed E-state index contributed by atoms with van der Waals surface area (Å²) in [4.78, 5) is 54.5. The molecule has 5 atom stereocenters. The Kier molecular flexibility index (Phi) is 9.61. The van der Waals surface area contributed by atoms with Gasteiger partial charge in [-0.25, -0.2) is 13.9 Å². The van der Waals surface area contributed by atoms with Gasteiger partial charge in [0.25, 0.3) is 5.85 Å². The lowest BCUT2D eigenvalue weighted by Crippen LogP contribution is -2.38. The minimum absolute atomic E-state index is 0.00411. The van der Waals surface area contributed by atoms with Crippen molar-refractivity contribution >= 4 is 21.6 Å². The van der Waals surface area contributed by atoms with Gasteiger partial charge in [0.15, 0.2) is 6.23 Å². The van der Waals surface area contributed by atoms with E-state index < -0.39 is 59.0 Å². The average molecular weight is 510 g/mol. The van der Waals surface area contributed by atoms with Gasteiger partial charge in [0, 0.05) is 11.8 Å². The van der Waals surface area contributed by atoms with E-state index in [0.29, 0.717) is 0 Å². The molecule has 1 heterocycles. The van der Waals surface area contributed by atoms with E-state index in [-0.39, 0.29) is 11.4 Å². The first-order chi connectivity index (χ1) is 15.3. The van der Waals surface area contributed by atoms with Crippen LogP contribution >= 0.6 is 15.8 Å². The zero-order valence-electron chi connectivity index (χ0n) is 17.4. The highest BCUT2D eigenvalue weighted by Crippen LogP contribution is 2.65. The fourth-order valence-electron chi connectivity index (χ4n) is 2.64. The van der Waals surface area contributed by atoms with Crippen LogP contribution in [0, 0.1) is 0 Å². The zero-order valence-corrected chi connectivity index (χ0v) is 19.1. The number of phosphoric ester groups is 1. The number of nitrogen functional groups attached to an aromatic ring is 1. The fourth-order valence-corrected chi connectivity index (χ4v) is 4.86. The lowest BCUT2D eigenvalue weighted by molar-refractivity contribution is -0.137. The summed E-state index contributed by atoms with van der Waals surface area (Å²) >= 11 is 0. The molecular weight excluding hydrogens is 484 g/mol. The zero-order chi connectivity index (χ0) is 24.8. The van der Waals surface area contributed by atoms with Gasteiger partial charge in [0.1, 0.15) is 11.9 Å². The molecule has 1 aromatic carbocycles. The number of hydrogen-bond donors (Lipinski definition) is 7. The number of aliphatic hydroxyl groups excluding tert-OH is 2. The SMILES string of the molecule is C[C@H](O)[C@@H](O[C@@H](CO)COP(=O)(O)O[C@H](c1ccccc1)[P+](O)(O)O)n1ccc(N)nc1=O. The largest absolute Gasteiger partial charge is 0.476 e. The summed E-state index contributed by atoms with van der Waals surface area (Å²) in [7, 11) is -9.82. The molecule has 0 aliphatic rings. The van der Waals surface area contributed by atoms with Gasteiger partial charge in [-0.3, -0.25) is 9.09 Å². The molecule has 0 spiro atoms. The maximum atomic E-state index is 12.4. The Morgan fingerprint density at radius 1 is 1.21 bits per heavy atom. The summed E-state index contributed by atoms with van der Waals surface area (Å²) in [5.74, 6) is -2.04. The first-order valence-electron chi connectivity index (χ1n) is 9.40. The van der Waals surface area contributed by atoms with E-state index in [0.717, 1.165) is 4.57 Å².